The van der Waals surface area contributed by atoms with Gasteiger partial charge in [-0.3, -0.25) is 4.79 Å². The van der Waals surface area contributed by atoms with Gasteiger partial charge >= 0.3 is 5.97 Å². The molecule has 7 nitrogen and oxygen atoms in total. The van der Waals surface area contributed by atoms with E-state index in [1.807, 2.05) is 36.4 Å². The Labute approximate surface area is 230 Å². The van der Waals surface area contributed by atoms with Crippen LogP contribution in [0.3, 0.4) is 0 Å². The number of rotatable bonds is 15. The molecule has 3 aromatic rings. The lowest BCUT2D eigenvalue weighted by Gasteiger charge is -2.17. The van der Waals surface area contributed by atoms with E-state index in [4.69, 9.17) is 18.9 Å². The minimum atomic E-state index is -0.435. The van der Waals surface area contributed by atoms with Gasteiger partial charge < -0.3 is 18.9 Å². The van der Waals surface area contributed by atoms with Gasteiger partial charge in [0.25, 0.3) is 0 Å². The molecule has 0 bridgehead atoms. The molecule has 0 aromatic heterocycles. The molecule has 0 unspecified atom stereocenters. The Morgan fingerprint density at radius 1 is 0.872 bits per heavy atom. The molecule has 0 aliphatic rings. The Morgan fingerprint density at radius 3 is 2.33 bits per heavy atom. The van der Waals surface area contributed by atoms with Crippen molar-refractivity contribution in [3.8, 4) is 34.4 Å². The SMILES string of the molecule is CCCCCCOc1c(OCc2ccccc2C(C)=O)ccc(-c2ccc(OCC(=O)OCC)cc2)c1C#N. The van der Waals surface area contributed by atoms with E-state index in [0.717, 1.165) is 36.8 Å². The van der Waals surface area contributed by atoms with Crippen LogP contribution >= 0.6 is 0 Å². The number of esters is 1. The number of hydrogen-bond donors (Lipinski definition) is 0. The van der Waals surface area contributed by atoms with Crippen LogP contribution in [0, 0.1) is 11.3 Å². The Morgan fingerprint density at radius 2 is 1.64 bits per heavy atom. The first-order valence-corrected chi connectivity index (χ1v) is 13.3. The normalized spacial score (nSPS) is 10.4. The van der Waals surface area contributed by atoms with Crippen molar-refractivity contribution in [2.45, 2.75) is 53.1 Å². The Bertz CT molecular complexity index is 1290. The molecular weight excluding hydrogens is 494 g/mol. The summed E-state index contributed by atoms with van der Waals surface area (Å²) in [6, 6.07) is 20.4. The van der Waals surface area contributed by atoms with Crippen LogP contribution in [0.25, 0.3) is 11.1 Å². The van der Waals surface area contributed by atoms with E-state index >= 15 is 0 Å². The largest absolute Gasteiger partial charge is 0.488 e. The average Bonchev–Trinajstić information content (AvgIpc) is 2.95. The summed E-state index contributed by atoms with van der Waals surface area (Å²) in [5.74, 6) is 0.870. The molecule has 7 heteroatoms. The standard InChI is InChI=1S/C32H35NO6/c1-4-6-7-10-19-37-32-29(20-33)28(24-13-15-26(16-14-24)38-22-31(35)36-5-2)17-18-30(32)39-21-25-11-8-9-12-27(25)23(3)34/h8-9,11-18H,4-7,10,19,21-22H2,1-3H3. The fraction of sp³-hybridized carbons (Fsp3) is 0.344. The van der Waals surface area contributed by atoms with Crippen molar-refractivity contribution in [3.05, 3.63) is 77.4 Å². The maximum atomic E-state index is 12.0. The second-order valence-corrected chi connectivity index (χ2v) is 8.96. The number of nitriles is 1. The van der Waals surface area contributed by atoms with Crippen molar-refractivity contribution >= 4 is 11.8 Å². The van der Waals surface area contributed by atoms with Gasteiger partial charge in [0, 0.05) is 16.7 Å². The zero-order valence-electron chi connectivity index (χ0n) is 22.8. The molecule has 0 spiro atoms. The highest BCUT2D eigenvalue weighted by Crippen LogP contribution is 2.39. The lowest BCUT2D eigenvalue weighted by atomic mass is 9.99. The number of unbranched alkanes of at least 4 members (excludes halogenated alkanes) is 3. The highest BCUT2D eigenvalue weighted by Gasteiger charge is 2.19. The van der Waals surface area contributed by atoms with Gasteiger partial charge in [0.15, 0.2) is 23.9 Å². The predicted octanol–water partition coefficient (Wildman–Crippen LogP) is 6.91. The van der Waals surface area contributed by atoms with E-state index in [9.17, 15) is 14.9 Å². The van der Waals surface area contributed by atoms with Crippen LogP contribution in [0.1, 0.15) is 67.9 Å². The maximum absolute atomic E-state index is 12.0. The van der Waals surface area contributed by atoms with Gasteiger partial charge in [0.05, 0.1) is 13.2 Å². The smallest absolute Gasteiger partial charge is 0.344 e. The quantitative estimate of drug-likeness (QED) is 0.120. The molecule has 0 aliphatic carbocycles. The van der Waals surface area contributed by atoms with Crippen molar-refractivity contribution in [3.63, 3.8) is 0 Å². The van der Waals surface area contributed by atoms with Gasteiger partial charge in [0.2, 0.25) is 0 Å². The third-order valence-corrected chi connectivity index (χ3v) is 6.08. The monoisotopic (exact) mass is 529 g/mol. The minimum Gasteiger partial charge on any atom is -0.488 e. The number of hydrogen-bond acceptors (Lipinski definition) is 7. The topological polar surface area (TPSA) is 94.8 Å². The third kappa shape index (κ3) is 8.34. The van der Waals surface area contributed by atoms with Gasteiger partial charge in [-0.1, -0.05) is 62.6 Å². The fourth-order valence-corrected chi connectivity index (χ4v) is 4.10. The summed E-state index contributed by atoms with van der Waals surface area (Å²) >= 11 is 0. The van der Waals surface area contributed by atoms with Crippen LogP contribution in [-0.2, 0) is 16.1 Å². The van der Waals surface area contributed by atoms with Crippen LogP contribution in [-0.4, -0.2) is 31.6 Å². The Hall–Kier alpha value is -4.31. The maximum Gasteiger partial charge on any atom is 0.344 e. The van der Waals surface area contributed by atoms with Gasteiger partial charge in [-0.15, -0.1) is 0 Å². The second-order valence-electron chi connectivity index (χ2n) is 8.96. The molecule has 0 radical (unpaired) electrons. The average molecular weight is 530 g/mol. The number of benzene rings is 3. The van der Waals surface area contributed by atoms with Crippen molar-refractivity contribution in [1.82, 2.24) is 0 Å². The lowest BCUT2D eigenvalue weighted by molar-refractivity contribution is -0.145. The van der Waals surface area contributed by atoms with Crippen LogP contribution in [0.15, 0.2) is 60.7 Å². The second kappa shape index (κ2) is 15.2. The molecule has 0 aliphatic heterocycles. The van der Waals surface area contributed by atoms with E-state index in [1.54, 1.807) is 31.2 Å². The van der Waals surface area contributed by atoms with Crippen LogP contribution in [0.2, 0.25) is 0 Å². The van der Waals surface area contributed by atoms with Crippen molar-refractivity contribution in [2.24, 2.45) is 0 Å². The minimum absolute atomic E-state index is 0.0376. The van der Waals surface area contributed by atoms with E-state index in [-0.39, 0.29) is 19.0 Å². The molecule has 0 saturated carbocycles. The number of carbonyl (C=O) groups is 2. The summed E-state index contributed by atoms with van der Waals surface area (Å²) in [6.45, 7) is 6.16. The summed E-state index contributed by atoms with van der Waals surface area (Å²) in [5, 5.41) is 10.2. The van der Waals surface area contributed by atoms with Crippen molar-refractivity contribution < 1.29 is 28.5 Å². The third-order valence-electron chi connectivity index (χ3n) is 6.08. The first-order chi connectivity index (χ1) is 19.0. The molecule has 3 rings (SSSR count). The molecular formula is C32H35NO6. The zero-order valence-corrected chi connectivity index (χ0v) is 22.8. The number of ether oxygens (including phenoxy) is 4. The summed E-state index contributed by atoms with van der Waals surface area (Å²) in [7, 11) is 0. The fourth-order valence-electron chi connectivity index (χ4n) is 4.10. The van der Waals surface area contributed by atoms with E-state index in [0.29, 0.717) is 47.2 Å². The molecule has 0 amide bonds. The molecule has 39 heavy (non-hydrogen) atoms. The summed E-state index contributed by atoms with van der Waals surface area (Å²) in [4.78, 5) is 23.6. The highest BCUT2D eigenvalue weighted by molar-refractivity contribution is 5.95. The molecule has 0 heterocycles. The molecule has 0 N–H and O–H groups in total. The lowest BCUT2D eigenvalue weighted by Crippen LogP contribution is -2.14. The number of nitrogens with zero attached hydrogens (tertiary/aromatic N) is 1. The first kappa shape index (κ1) is 29.2. The summed E-state index contributed by atoms with van der Waals surface area (Å²) in [6.07, 6.45) is 4.13. The Balaban J connectivity index is 1.87. The van der Waals surface area contributed by atoms with E-state index < -0.39 is 5.97 Å². The molecule has 0 atom stereocenters. The number of Topliss-reactive ketones (excluding diaryl/α,β-unsaturated/α-hetero) is 1. The van der Waals surface area contributed by atoms with Gasteiger partial charge in [-0.25, -0.2) is 4.79 Å². The van der Waals surface area contributed by atoms with Crippen LogP contribution < -0.4 is 14.2 Å². The first-order valence-electron chi connectivity index (χ1n) is 13.3. The molecule has 0 fully saturated rings. The van der Waals surface area contributed by atoms with Crippen LogP contribution in [0.5, 0.6) is 17.2 Å². The summed E-state index contributed by atoms with van der Waals surface area (Å²) in [5.41, 5.74) is 3.21. The molecule has 3 aromatic carbocycles. The summed E-state index contributed by atoms with van der Waals surface area (Å²) < 4.78 is 22.7. The van der Waals surface area contributed by atoms with E-state index in [2.05, 4.69) is 13.0 Å². The number of carbonyl (C=O) groups excluding carboxylic acids is 2. The zero-order chi connectivity index (χ0) is 28.0. The van der Waals surface area contributed by atoms with Crippen molar-refractivity contribution in [1.29, 1.82) is 5.26 Å². The van der Waals surface area contributed by atoms with E-state index in [1.165, 1.54) is 6.92 Å². The van der Waals surface area contributed by atoms with Gasteiger partial charge in [-0.2, -0.15) is 5.26 Å². The van der Waals surface area contributed by atoms with Crippen LogP contribution in [0.4, 0.5) is 0 Å². The molecule has 204 valence electrons. The highest BCUT2D eigenvalue weighted by atomic mass is 16.6. The molecule has 0 saturated heterocycles. The Kier molecular flexibility index (Phi) is 11.4. The van der Waals surface area contributed by atoms with Crippen molar-refractivity contribution in [2.75, 3.05) is 19.8 Å². The van der Waals surface area contributed by atoms with Gasteiger partial charge in [-0.05, 0) is 50.1 Å². The number of ketones is 1. The predicted molar refractivity (Wildman–Crippen MR) is 149 cm³/mol. The van der Waals surface area contributed by atoms with Gasteiger partial charge in [0.1, 0.15) is 24.0 Å².